The Morgan fingerprint density at radius 3 is 2.44 bits per heavy atom. The fourth-order valence-corrected chi connectivity index (χ4v) is 2.76. The smallest absolute Gasteiger partial charge is 0.182 e. The maximum atomic E-state index is 4.67. The Labute approximate surface area is 146 Å². The quantitative estimate of drug-likeness (QED) is 0.595. The molecule has 0 radical (unpaired) electrons. The molecule has 0 saturated heterocycles. The maximum Gasteiger partial charge on any atom is 0.182 e. The lowest BCUT2D eigenvalue weighted by Crippen LogP contribution is -2.01. The topological polar surface area (TPSA) is 50.7 Å². The number of nitrogens with zero attached hydrogens (tertiary/aromatic N) is 3. The predicted octanol–water partition coefficient (Wildman–Crippen LogP) is 4.61. The van der Waals surface area contributed by atoms with Crippen molar-refractivity contribution in [3.8, 4) is 11.4 Å². The third-order valence-electron chi connectivity index (χ3n) is 4.23. The van der Waals surface area contributed by atoms with Crippen molar-refractivity contribution >= 4 is 16.7 Å². The summed E-state index contributed by atoms with van der Waals surface area (Å²) in [7, 11) is 0. The standard InChI is InChI=1S/C21H18N4/c1-15-7-5-6-10-17(15)14-22-18-11-12-19-20(13-18)23-21(25-24-19)16-8-3-2-4-9-16/h2-13,22H,14H2,1H3. The molecule has 4 rings (SSSR count). The number of aryl methyl sites for hydroxylation is 1. The van der Waals surface area contributed by atoms with Crippen LogP contribution in [0, 0.1) is 6.92 Å². The Morgan fingerprint density at radius 2 is 1.60 bits per heavy atom. The van der Waals surface area contributed by atoms with Crippen molar-refractivity contribution < 1.29 is 0 Å². The molecule has 0 aliphatic carbocycles. The van der Waals surface area contributed by atoms with Crippen LogP contribution >= 0.6 is 0 Å². The molecule has 4 nitrogen and oxygen atoms in total. The number of rotatable bonds is 4. The molecule has 0 bridgehead atoms. The van der Waals surface area contributed by atoms with Crippen LogP contribution in [0.3, 0.4) is 0 Å². The van der Waals surface area contributed by atoms with E-state index in [-0.39, 0.29) is 0 Å². The summed E-state index contributed by atoms with van der Waals surface area (Å²) in [6.45, 7) is 2.91. The third-order valence-corrected chi connectivity index (χ3v) is 4.23. The van der Waals surface area contributed by atoms with Crippen LogP contribution in [0.5, 0.6) is 0 Å². The van der Waals surface area contributed by atoms with Gasteiger partial charge in [-0.3, -0.25) is 0 Å². The van der Waals surface area contributed by atoms with Crippen molar-refractivity contribution in [3.63, 3.8) is 0 Å². The SMILES string of the molecule is Cc1ccccc1CNc1ccc2nnc(-c3ccccc3)nc2c1. The molecule has 25 heavy (non-hydrogen) atoms. The van der Waals surface area contributed by atoms with Crippen LogP contribution in [0.1, 0.15) is 11.1 Å². The summed E-state index contributed by atoms with van der Waals surface area (Å²) >= 11 is 0. The van der Waals surface area contributed by atoms with Gasteiger partial charge in [0.1, 0.15) is 5.52 Å². The van der Waals surface area contributed by atoms with E-state index in [1.165, 1.54) is 11.1 Å². The van der Waals surface area contributed by atoms with E-state index < -0.39 is 0 Å². The van der Waals surface area contributed by atoms with Gasteiger partial charge in [0.2, 0.25) is 0 Å². The van der Waals surface area contributed by atoms with Crippen molar-refractivity contribution in [2.45, 2.75) is 13.5 Å². The molecule has 0 fully saturated rings. The van der Waals surface area contributed by atoms with E-state index in [0.717, 1.165) is 28.8 Å². The lowest BCUT2D eigenvalue weighted by molar-refractivity contribution is 1.03. The molecule has 4 aromatic rings. The highest BCUT2D eigenvalue weighted by Gasteiger charge is 2.05. The zero-order chi connectivity index (χ0) is 17.1. The minimum absolute atomic E-state index is 0.643. The molecule has 0 unspecified atom stereocenters. The van der Waals surface area contributed by atoms with E-state index in [2.05, 4.69) is 51.7 Å². The number of hydrogen-bond acceptors (Lipinski definition) is 4. The highest BCUT2D eigenvalue weighted by atomic mass is 15.1. The van der Waals surface area contributed by atoms with Crippen molar-refractivity contribution in [3.05, 3.63) is 83.9 Å². The molecule has 3 aromatic carbocycles. The largest absolute Gasteiger partial charge is 0.381 e. The van der Waals surface area contributed by atoms with E-state index in [0.29, 0.717) is 5.82 Å². The van der Waals surface area contributed by atoms with Crippen molar-refractivity contribution in [1.82, 2.24) is 15.2 Å². The molecule has 0 aliphatic rings. The number of anilines is 1. The van der Waals surface area contributed by atoms with E-state index in [9.17, 15) is 0 Å². The highest BCUT2D eigenvalue weighted by molar-refractivity contribution is 5.79. The molecule has 0 spiro atoms. The Balaban J connectivity index is 1.61. The number of benzene rings is 3. The van der Waals surface area contributed by atoms with Gasteiger partial charge in [-0.1, -0.05) is 54.6 Å². The van der Waals surface area contributed by atoms with E-state index in [1.807, 2.05) is 48.5 Å². The van der Waals surface area contributed by atoms with Crippen molar-refractivity contribution in [2.24, 2.45) is 0 Å². The summed E-state index contributed by atoms with van der Waals surface area (Å²) in [5.41, 5.74) is 6.19. The predicted molar refractivity (Wildman–Crippen MR) is 101 cm³/mol. The second-order valence-corrected chi connectivity index (χ2v) is 5.98. The van der Waals surface area contributed by atoms with E-state index in [1.54, 1.807) is 0 Å². The molecule has 4 heteroatoms. The molecule has 1 aromatic heterocycles. The molecule has 1 N–H and O–H groups in total. The summed E-state index contributed by atoms with van der Waals surface area (Å²) in [5, 5.41) is 12.0. The van der Waals surface area contributed by atoms with Gasteiger partial charge in [0.05, 0.1) is 5.52 Å². The minimum Gasteiger partial charge on any atom is -0.381 e. The number of fused-ring (bicyclic) bond motifs is 1. The Kier molecular flexibility index (Phi) is 4.09. The zero-order valence-corrected chi connectivity index (χ0v) is 14.0. The van der Waals surface area contributed by atoms with Gasteiger partial charge >= 0.3 is 0 Å². The molecule has 1 heterocycles. The van der Waals surface area contributed by atoms with Crippen LogP contribution < -0.4 is 5.32 Å². The first kappa shape index (κ1) is 15.3. The summed E-state index contributed by atoms with van der Waals surface area (Å²) in [6, 6.07) is 24.3. The first-order valence-corrected chi connectivity index (χ1v) is 8.28. The molecule has 0 aliphatic heterocycles. The summed E-state index contributed by atoms with van der Waals surface area (Å²) in [5.74, 6) is 0.643. The second-order valence-electron chi connectivity index (χ2n) is 5.98. The van der Waals surface area contributed by atoms with Crippen LogP contribution in [0.25, 0.3) is 22.4 Å². The van der Waals surface area contributed by atoms with Crippen molar-refractivity contribution in [1.29, 1.82) is 0 Å². The third kappa shape index (κ3) is 3.33. The average Bonchev–Trinajstić information content (AvgIpc) is 2.67. The van der Waals surface area contributed by atoms with Gasteiger partial charge in [-0.15, -0.1) is 10.2 Å². The van der Waals surface area contributed by atoms with Crippen LogP contribution in [-0.2, 0) is 6.54 Å². The monoisotopic (exact) mass is 326 g/mol. The van der Waals surface area contributed by atoms with Gasteiger partial charge in [0, 0.05) is 17.8 Å². The van der Waals surface area contributed by atoms with Crippen LogP contribution in [0.15, 0.2) is 72.8 Å². The van der Waals surface area contributed by atoms with Gasteiger partial charge in [0.25, 0.3) is 0 Å². The average molecular weight is 326 g/mol. The Morgan fingerprint density at radius 1 is 0.800 bits per heavy atom. The lowest BCUT2D eigenvalue weighted by atomic mass is 10.1. The normalized spacial score (nSPS) is 10.8. The lowest BCUT2D eigenvalue weighted by Gasteiger charge is -2.09. The number of aromatic nitrogens is 3. The molecule has 0 atom stereocenters. The molecule has 0 saturated carbocycles. The minimum atomic E-state index is 0.643. The summed E-state index contributed by atoms with van der Waals surface area (Å²) in [6.07, 6.45) is 0. The second kappa shape index (κ2) is 6.69. The zero-order valence-electron chi connectivity index (χ0n) is 14.0. The number of nitrogens with one attached hydrogen (secondary N) is 1. The van der Waals surface area contributed by atoms with Crippen LogP contribution in [0.2, 0.25) is 0 Å². The van der Waals surface area contributed by atoms with Crippen LogP contribution in [0.4, 0.5) is 5.69 Å². The first-order chi connectivity index (χ1) is 12.3. The van der Waals surface area contributed by atoms with Gasteiger partial charge in [-0.05, 0) is 36.2 Å². The maximum absolute atomic E-state index is 4.67. The highest BCUT2D eigenvalue weighted by Crippen LogP contribution is 2.20. The molecular weight excluding hydrogens is 308 g/mol. The molecular formula is C21H18N4. The molecule has 122 valence electrons. The fraction of sp³-hybridized carbons (Fsp3) is 0.0952. The summed E-state index contributed by atoms with van der Waals surface area (Å²) < 4.78 is 0. The van der Waals surface area contributed by atoms with Crippen LogP contribution in [-0.4, -0.2) is 15.2 Å². The first-order valence-electron chi connectivity index (χ1n) is 8.28. The number of hydrogen-bond donors (Lipinski definition) is 1. The van der Waals surface area contributed by atoms with Gasteiger partial charge < -0.3 is 5.32 Å². The van der Waals surface area contributed by atoms with Gasteiger partial charge in [-0.25, -0.2) is 4.98 Å². The summed E-state index contributed by atoms with van der Waals surface area (Å²) in [4.78, 5) is 4.67. The van der Waals surface area contributed by atoms with Gasteiger partial charge in [-0.2, -0.15) is 0 Å². The van der Waals surface area contributed by atoms with E-state index >= 15 is 0 Å². The fourth-order valence-electron chi connectivity index (χ4n) is 2.76. The Bertz CT molecular complexity index is 1010. The Hall–Kier alpha value is -3.27. The van der Waals surface area contributed by atoms with Crippen molar-refractivity contribution in [2.75, 3.05) is 5.32 Å². The van der Waals surface area contributed by atoms with Gasteiger partial charge in [0.15, 0.2) is 5.82 Å². The van der Waals surface area contributed by atoms with E-state index in [4.69, 9.17) is 0 Å². The molecule has 0 amide bonds.